The monoisotopic (exact) mass is 475 g/mol. The fourth-order valence-electron chi connectivity index (χ4n) is 4.39. The van der Waals surface area contributed by atoms with Crippen molar-refractivity contribution in [1.82, 2.24) is 15.2 Å². The number of aliphatic hydroxyl groups is 1. The molecule has 6 nitrogen and oxygen atoms in total. The average Bonchev–Trinajstić information content (AvgIpc) is 3.45. The first-order valence-corrected chi connectivity index (χ1v) is 12.5. The molecule has 1 aliphatic rings. The Kier molecular flexibility index (Phi) is 6.25. The lowest BCUT2D eigenvalue weighted by molar-refractivity contribution is -0.0233. The Morgan fingerprint density at radius 2 is 2.00 bits per heavy atom. The predicted octanol–water partition coefficient (Wildman–Crippen LogP) is 5.22. The van der Waals surface area contributed by atoms with Crippen LogP contribution in [0.4, 0.5) is 0 Å². The SMILES string of the molecule is CC(C)=CCN1CCC(O)(c2ccc3oc(C(=O)NCc4nc5ccccc5s4)cc3c2)CC1. The van der Waals surface area contributed by atoms with E-state index in [1.807, 2.05) is 42.5 Å². The van der Waals surface area contributed by atoms with Crippen LogP contribution in [-0.4, -0.2) is 40.5 Å². The minimum Gasteiger partial charge on any atom is -0.451 e. The van der Waals surface area contributed by atoms with Crippen molar-refractivity contribution in [2.24, 2.45) is 0 Å². The second-order valence-electron chi connectivity index (χ2n) is 9.23. The summed E-state index contributed by atoms with van der Waals surface area (Å²) in [6.07, 6.45) is 3.59. The Balaban J connectivity index is 1.26. The lowest BCUT2D eigenvalue weighted by Gasteiger charge is -2.38. The third-order valence-corrected chi connectivity index (χ3v) is 7.49. The quantitative estimate of drug-likeness (QED) is 0.374. The van der Waals surface area contributed by atoms with Gasteiger partial charge < -0.3 is 14.8 Å². The number of furan rings is 1. The van der Waals surface area contributed by atoms with E-state index in [-0.39, 0.29) is 11.7 Å². The highest BCUT2D eigenvalue weighted by Gasteiger charge is 2.34. The Morgan fingerprint density at radius 1 is 1.21 bits per heavy atom. The number of thiazole rings is 1. The van der Waals surface area contributed by atoms with Crippen LogP contribution in [0.5, 0.6) is 0 Å². The number of likely N-dealkylation sites (tertiary alicyclic amines) is 1. The smallest absolute Gasteiger partial charge is 0.287 e. The van der Waals surface area contributed by atoms with Crippen molar-refractivity contribution in [2.75, 3.05) is 19.6 Å². The van der Waals surface area contributed by atoms with Gasteiger partial charge in [-0.2, -0.15) is 0 Å². The second-order valence-corrected chi connectivity index (χ2v) is 10.4. The van der Waals surface area contributed by atoms with Gasteiger partial charge in [0.2, 0.25) is 0 Å². The van der Waals surface area contributed by atoms with E-state index in [0.29, 0.717) is 25.0 Å². The molecule has 176 valence electrons. The first-order chi connectivity index (χ1) is 16.4. The maximum atomic E-state index is 12.7. The summed E-state index contributed by atoms with van der Waals surface area (Å²) in [5, 5.41) is 15.9. The van der Waals surface area contributed by atoms with Gasteiger partial charge in [-0.25, -0.2) is 4.98 Å². The number of amides is 1. The van der Waals surface area contributed by atoms with Gasteiger partial charge in [-0.1, -0.05) is 29.8 Å². The molecule has 2 aromatic heterocycles. The van der Waals surface area contributed by atoms with Crippen molar-refractivity contribution in [3.05, 3.63) is 76.5 Å². The van der Waals surface area contributed by atoms with Gasteiger partial charge in [-0.15, -0.1) is 11.3 Å². The topological polar surface area (TPSA) is 78.6 Å². The zero-order chi connectivity index (χ0) is 23.7. The van der Waals surface area contributed by atoms with Crippen molar-refractivity contribution in [3.8, 4) is 0 Å². The zero-order valence-corrected chi connectivity index (χ0v) is 20.3. The summed E-state index contributed by atoms with van der Waals surface area (Å²) in [4.78, 5) is 19.6. The number of benzene rings is 2. The minimum absolute atomic E-state index is 0.261. The molecule has 0 aliphatic carbocycles. The highest BCUT2D eigenvalue weighted by atomic mass is 32.1. The number of carbonyl (C=O) groups excluding carboxylic acids is 1. The number of nitrogens with one attached hydrogen (secondary N) is 1. The third-order valence-electron chi connectivity index (χ3n) is 6.46. The van der Waals surface area contributed by atoms with Crippen LogP contribution in [0.3, 0.4) is 0 Å². The van der Waals surface area contributed by atoms with E-state index < -0.39 is 5.60 Å². The van der Waals surface area contributed by atoms with Crippen LogP contribution < -0.4 is 5.32 Å². The van der Waals surface area contributed by atoms with Gasteiger partial charge in [-0.05, 0) is 62.6 Å². The number of hydrogen-bond acceptors (Lipinski definition) is 6. The molecule has 0 saturated carbocycles. The summed E-state index contributed by atoms with van der Waals surface area (Å²) < 4.78 is 6.90. The molecule has 0 radical (unpaired) electrons. The Hall–Kier alpha value is -3.00. The number of aromatic nitrogens is 1. The van der Waals surface area contributed by atoms with Crippen LogP contribution in [0.25, 0.3) is 21.2 Å². The third kappa shape index (κ3) is 4.78. The van der Waals surface area contributed by atoms with Gasteiger partial charge in [0.05, 0.1) is 22.4 Å². The van der Waals surface area contributed by atoms with Crippen molar-refractivity contribution in [1.29, 1.82) is 0 Å². The van der Waals surface area contributed by atoms with E-state index in [1.165, 1.54) is 5.57 Å². The molecule has 0 spiro atoms. The maximum Gasteiger partial charge on any atom is 0.287 e. The molecule has 2 aromatic carbocycles. The number of piperidine rings is 1. The average molecular weight is 476 g/mol. The fourth-order valence-corrected chi connectivity index (χ4v) is 5.30. The molecule has 3 heterocycles. The van der Waals surface area contributed by atoms with E-state index in [4.69, 9.17) is 4.42 Å². The molecule has 7 heteroatoms. The van der Waals surface area contributed by atoms with E-state index >= 15 is 0 Å². The normalized spacial score (nSPS) is 16.1. The summed E-state index contributed by atoms with van der Waals surface area (Å²) in [6.45, 7) is 7.19. The van der Waals surface area contributed by atoms with Gasteiger partial charge >= 0.3 is 0 Å². The highest BCUT2D eigenvalue weighted by molar-refractivity contribution is 7.18. The minimum atomic E-state index is -0.859. The van der Waals surface area contributed by atoms with Gasteiger partial charge in [0.25, 0.3) is 5.91 Å². The number of hydrogen-bond donors (Lipinski definition) is 2. The zero-order valence-electron chi connectivity index (χ0n) is 19.5. The summed E-state index contributed by atoms with van der Waals surface area (Å²) >= 11 is 1.57. The number of allylic oxidation sites excluding steroid dienone is 1. The highest BCUT2D eigenvalue weighted by Crippen LogP contribution is 2.35. The molecule has 0 unspecified atom stereocenters. The summed E-state index contributed by atoms with van der Waals surface area (Å²) in [6, 6.07) is 15.4. The number of carbonyl (C=O) groups is 1. The van der Waals surface area contributed by atoms with Gasteiger partial charge in [0.15, 0.2) is 5.76 Å². The first kappa shape index (κ1) is 22.8. The van der Waals surface area contributed by atoms with E-state index in [1.54, 1.807) is 17.4 Å². The molecule has 1 amide bonds. The Labute approximate surface area is 202 Å². The Morgan fingerprint density at radius 3 is 2.76 bits per heavy atom. The van der Waals surface area contributed by atoms with Gasteiger partial charge in [0.1, 0.15) is 10.6 Å². The molecule has 34 heavy (non-hydrogen) atoms. The van der Waals surface area contributed by atoms with Crippen molar-refractivity contribution >= 4 is 38.4 Å². The summed E-state index contributed by atoms with van der Waals surface area (Å²) in [5.41, 5.74) is 2.91. The van der Waals surface area contributed by atoms with E-state index in [9.17, 15) is 9.90 Å². The maximum absolute atomic E-state index is 12.7. The number of para-hydroxylation sites is 1. The molecular weight excluding hydrogens is 446 g/mol. The number of rotatable bonds is 6. The van der Waals surface area contributed by atoms with Crippen LogP contribution in [0.2, 0.25) is 0 Å². The second kappa shape index (κ2) is 9.33. The van der Waals surface area contributed by atoms with Crippen LogP contribution in [-0.2, 0) is 12.1 Å². The van der Waals surface area contributed by atoms with Crippen molar-refractivity contribution < 1.29 is 14.3 Å². The Bertz CT molecular complexity index is 1320. The van der Waals surface area contributed by atoms with Crippen molar-refractivity contribution in [3.63, 3.8) is 0 Å². The molecule has 1 fully saturated rings. The number of fused-ring (bicyclic) bond motifs is 2. The standard InChI is InChI=1S/C27H29N3O3S/c1-18(2)9-12-30-13-10-27(32,11-14-30)20-7-8-22-19(15-20)16-23(33-22)26(31)28-17-25-29-21-5-3-4-6-24(21)34-25/h3-9,15-16,32H,10-14,17H2,1-2H3,(H,28,31). The van der Waals surface area contributed by atoms with Crippen molar-refractivity contribution in [2.45, 2.75) is 38.8 Å². The van der Waals surface area contributed by atoms with Crippen LogP contribution in [0.15, 0.2) is 64.6 Å². The molecule has 1 aliphatic heterocycles. The van der Waals surface area contributed by atoms with E-state index in [2.05, 4.69) is 35.1 Å². The van der Waals surface area contributed by atoms with Crippen LogP contribution in [0.1, 0.15) is 47.8 Å². The van der Waals surface area contributed by atoms with Gasteiger partial charge in [-0.3, -0.25) is 9.69 Å². The molecule has 5 rings (SSSR count). The number of nitrogens with zero attached hydrogens (tertiary/aromatic N) is 2. The molecule has 4 aromatic rings. The van der Waals surface area contributed by atoms with Crippen LogP contribution in [0, 0.1) is 0 Å². The molecule has 2 N–H and O–H groups in total. The summed E-state index contributed by atoms with van der Waals surface area (Å²) in [5.74, 6) is -0.0138. The molecule has 1 saturated heterocycles. The molecule has 0 bridgehead atoms. The lowest BCUT2D eigenvalue weighted by atomic mass is 9.84. The predicted molar refractivity (Wildman–Crippen MR) is 136 cm³/mol. The van der Waals surface area contributed by atoms with Gasteiger partial charge in [0, 0.05) is 25.0 Å². The fraction of sp³-hybridized carbons (Fsp3) is 0.333. The molecular formula is C27H29N3O3S. The van der Waals surface area contributed by atoms with Crippen LogP contribution >= 0.6 is 11.3 Å². The first-order valence-electron chi connectivity index (χ1n) is 11.6. The summed E-state index contributed by atoms with van der Waals surface area (Å²) in [7, 11) is 0. The lowest BCUT2D eigenvalue weighted by Crippen LogP contribution is -2.42. The molecule has 0 atom stereocenters. The van der Waals surface area contributed by atoms with E-state index in [0.717, 1.165) is 45.8 Å². The largest absolute Gasteiger partial charge is 0.451 e.